The Morgan fingerprint density at radius 2 is 2.25 bits per heavy atom. The van der Waals surface area contributed by atoms with Gasteiger partial charge in [-0.2, -0.15) is 0 Å². The van der Waals surface area contributed by atoms with Crippen molar-refractivity contribution in [3.8, 4) is 5.75 Å². The van der Waals surface area contributed by atoms with E-state index in [1.54, 1.807) is 0 Å². The van der Waals surface area contributed by atoms with Crippen LogP contribution in [0.15, 0.2) is 24.3 Å². The van der Waals surface area contributed by atoms with E-state index in [1.807, 2.05) is 31.2 Å². The maximum absolute atomic E-state index is 10.0. The second-order valence-electron chi connectivity index (χ2n) is 5.85. The number of rotatable bonds is 6. The van der Waals surface area contributed by atoms with E-state index < -0.39 is 6.10 Å². The van der Waals surface area contributed by atoms with E-state index in [1.165, 1.54) is 6.42 Å². The van der Waals surface area contributed by atoms with Crippen molar-refractivity contribution in [1.29, 1.82) is 0 Å². The fourth-order valence-electron chi connectivity index (χ4n) is 3.10. The second kappa shape index (κ2) is 6.12. The lowest BCUT2D eigenvalue weighted by molar-refractivity contribution is 0.0852. The number of ether oxygens (including phenoxy) is 2. The van der Waals surface area contributed by atoms with Crippen LogP contribution in [0.4, 0.5) is 0 Å². The summed E-state index contributed by atoms with van der Waals surface area (Å²) in [5, 5.41) is 13.4. The Balaban J connectivity index is 1.39. The highest BCUT2D eigenvalue weighted by molar-refractivity contribution is 5.31. The molecular formula is C16H23NO3. The first-order valence-electron chi connectivity index (χ1n) is 7.47. The summed E-state index contributed by atoms with van der Waals surface area (Å²) in [5.74, 6) is 0.842. The zero-order valence-corrected chi connectivity index (χ0v) is 11.9. The van der Waals surface area contributed by atoms with Crippen LogP contribution in [0.3, 0.4) is 0 Å². The minimum absolute atomic E-state index is 0.319. The maximum atomic E-state index is 10.0. The molecule has 4 heteroatoms. The van der Waals surface area contributed by atoms with Crippen LogP contribution in [-0.2, 0) is 4.74 Å². The molecule has 1 aromatic rings. The molecule has 110 valence electrons. The SMILES string of the molecule is Cc1ccccc1OCC(O)CNC1CC2CCC1O2. The molecule has 2 aliphatic heterocycles. The lowest BCUT2D eigenvalue weighted by Gasteiger charge is -2.22. The molecule has 2 bridgehead atoms. The summed E-state index contributed by atoms with van der Waals surface area (Å²) < 4.78 is 11.4. The molecule has 1 aromatic carbocycles. The van der Waals surface area contributed by atoms with E-state index in [4.69, 9.17) is 9.47 Å². The first kappa shape index (κ1) is 13.9. The Morgan fingerprint density at radius 3 is 2.95 bits per heavy atom. The van der Waals surface area contributed by atoms with E-state index in [0.717, 1.165) is 24.2 Å². The molecule has 0 saturated carbocycles. The predicted octanol–water partition coefficient (Wildman–Crippen LogP) is 1.64. The van der Waals surface area contributed by atoms with Gasteiger partial charge in [0, 0.05) is 12.6 Å². The summed E-state index contributed by atoms with van der Waals surface area (Å²) in [7, 11) is 0. The zero-order chi connectivity index (χ0) is 13.9. The zero-order valence-electron chi connectivity index (χ0n) is 11.9. The van der Waals surface area contributed by atoms with Crippen molar-refractivity contribution >= 4 is 0 Å². The molecule has 4 nitrogen and oxygen atoms in total. The Kier molecular flexibility index (Phi) is 4.24. The van der Waals surface area contributed by atoms with Gasteiger partial charge in [0.2, 0.25) is 0 Å². The number of hydrogen-bond donors (Lipinski definition) is 2. The van der Waals surface area contributed by atoms with Gasteiger partial charge in [-0.1, -0.05) is 18.2 Å². The lowest BCUT2D eigenvalue weighted by atomic mass is 9.95. The van der Waals surface area contributed by atoms with Crippen molar-refractivity contribution in [3.05, 3.63) is 29.8 Å². The number of hydrogen-bond acceptors (Lipinski definition) is 4. The molecule has 20 heavy (non-hydrogen) atoms. The minimum atomic E-state index is -0.492. The summed E-state index contributed by atoms with van der Waals surface area (Å²) in [6, 6.07) is 8.27. The third-order valence-electron chi connectivity index (χ3n) is 4.25. The summed E-state index contributed by atoms with van der Waals surface area (Å²) in [6.45, 7) is 2.88. The summed E-state index contributed by atoms with van der Waals surface area (Å²) in [5.41, 5.74) is 1.09. The van der Waals surface area contributed by atoms with E-state index in [2.05, 4.69) is 5.32 Å². The van der Waals surface area contributed by atoms with Crippen LogP contribution < -0.4 is 10.1 Å². The number of nitrogens with one attached hydrogen (secondary N) is 1. The number of aliphatic hydroxyl groups excluding tert-OH is 1. The highest BCUT2D eigenvalue weighted by atomic mass is 16.5. The van der Waals surface area contributed by atoms with Gasteiger partial charge in [-0.15, -0.1) is 0 Å². The number of fused-ring (bicyclic) bond motifs is 2. The Labute approximate surface area is 120 Å². The summed E-state index contributed by atoms with van der Waals surface area (Å²) in [6.07, 6.45) is 3.73. The topological polar surface area (TPSA) is 50.7 Å². The predicted molar refractivity (Wildman–Crippen MR) is 77.0 cm³/mol. The van der Waals surface area contributed by atoms with Crippen LogP contribution in [0.2, 0.25) is 0 Å². The van der Waals surface area contributed by atoms with Crippen LogP contribution >= 0.6 is 0 Å². The average molecular weight is 277 g/mol. The monoisotopic (exact) mass is 277 g/mol. The van der Waals surface area contributed by atoms with E-state index >= 15 is 0 Å². The van der Waals surface area contributed by atoms with Gasteiger partial charge in [-0.05, 0) is 37.8 Å². The molecule has 2 aliphatic rings. The van der Waals surface area contributed by atoms with Crippen molar-refractivity contribution in [2.45, 2.75) is 50.5 Å². The second-order valence-corrected chi connectivity index (χ2v) is 5.85. The third-order valence-corrected chi connectivity index (χ3v) is 4.25. The first-order valence-corrected chi connectivity index (χ1v) is 7.47. The largest absolute Gasteiger partial charge is 0.491 e. The summed E-state index contributed by atoms with van der Waals surface area (Å²) >= 11 is 0. The van der Waals surface area contributed by atoms with Crippen molar-refractivity contribution in [2.75, 3.05) is 13.2 Å². The van der Waals surface area contributed by atoms with Gasteiger partial charge in [-0.25, -0.2) is 0 Å². The molecular weight excluding hydrogens is 254 g/mol. The molecule has 0 aromatic heterocycles. The number of benzene rings is 1. The highest BCUT2D eigenvalue weighted by Gasteiger charge is 2.40. The molecule has 3 rings (SSSR count). The molecule has 0 radical (unpaired) electrons. The van der Waals surface area contributed by atoms with Gasteiger partial charge in [0.05, 0.1) is 12.2 Å². The molecule has 0 spiro atoms. The van der Waals surface area contributed by atoms with Crippen LogP contribution in [0.25, 0.3) is 0 Å². The third kappa shape index (κ3) is 3.14. The molecule has 2 saturated heterocycles. The maximum Gasteiger partial charge on any atom is 0.122 e. The molecule has 0 amide bonds. The molecule has 2 fully saturated rings. The molecule has 2 N–H and O–H groups in total. The molecule has 0 aliphatic carbocycles. The quantitative estimate of drug-likeness (QED) is 0.830. The standard InChI is InChI=1S/C16H23NO3/c1-11-4-2-3-5-15(11)19-10-12(18)9-17-14-8-13-6-7-16(14)20-13/h2-5,12-14,16-18H,6-10H2,1H3. The fraction of sp³-hybridized carbons (Fsp3) is 0.625. The normalized spacial score (nSPS) is 29.6. The van der Waals surface area contributed by atoms with E-state index in [-0.39, 0.29) is 0 Å². The average Bonchev–Trinajstić information content (AvgIpc) is 3.06. The number of aryl methyl sites for hydroxylation is 1. The molecule has 2 heterocycles. The van der Waals surface area contributed by atoms with Gasteiger partial charge >= 0.3 is 0 Å². The van der Waals surface area contributed by atoms with Gasteiger partial charge in [0.25, 0.3) is 0 Å². The van der Waals surface area contributed by atoms with Gasteiger partial charge in [0.1, 0.15) is 18.5 Å². The Morgan fingerprint density at radius 1 is 1.40 bits per heavy atom. The Hall–Kier alpha value is -1.10. The van der Waals surface area contributed by atoms with Gasteiger partial charge < -0.3 is 19.9 Å². The van der Waals surface area contributed by atoms with Crippen molar-refractivity contribution in [2.24, 2.45) is 0 Å². The summed E-state index contributed by atoms with van der Waals surface area (Å²) in [4.78, 5) is 0. The van der Waals surface area contributed by atoms with Gasteiger partial charge in [0.15, 0.2) is 0 Å². The lowest BCUT2D eigenvalue weighted by Crippen LogP contribution is -2.42. The van der Waals surface area contributed by atoms with Crippen molar-refractivity contribution in [3.63, 3.8) is 0 Å². The molecule has 4 atom stereocenters. The first-order chi connectivity index (χ1) is 9.72. The Bertz CT molecular complexity index is 451. The van der Waals surface area contributed by atoms with Crippen LogP contribution in [0, 0.1) is 6.92 Å². The van der Waals surface area contributed by atoms with Crippen molar-refractivity contribution in [1.82, 2.24) is 5.32 Å². The van der Waals surface area contributed by atoms with Crippen LogP contribution in [0.1, 0.15) is 24.8 Å². The minimum Gasteiger partial charge on any atom is -0.491 e. The number of para-hydroxylation sites is 1. The number of aliphatic hydroxyl groups is 1. The van der Waals surface area contributed by atoms with Crippen LogP contribution in [0.5, 0.6) is 5.75 Å². The smallest absolute Gasteiger partial charge is 0.122 e. The molecule has 4 unspecified atom stereocenters. The van der Waals surface area contributed by atoms with E-state index in [0.29, 0.717) is 31.4 Å². The fourth-order valence-corrected chi connectivity index (χ4v) is 3.10. The van der Waals surface area contributed by atoms with Gasteiger partial charge in [-0.3, -0.25) is 0 Å². The van der Waals surface area contributed by atoms with E-state index in [9.17, 15) is 5.11 Å². The van der Waals surface area contributed by atoms with Crippen molar-refractivity contribution < 1.29 is 14.6 Å². The van der Waals surface area contributed by atoms with Crippen LogP contribution in [-0.4, -0.2) is 42.6 Å². The highest BCUT2D eigenvalue weighted by Crippen LogP contribution is 2.34.